The molecule has 0 saturated heterocycles. The summed E-state index contributed by atoms with van der Waals surface area (Å²) >= 11 is 0. The predicted molar refractivity (Wildman–Crippen MR) is 31.9 cm³/mol. The minimum atomic E-state index is -6.20. The van der Waals surface area contributed by atoms with Crippen LogP contribution in [0.5, 0.6) is 0 Å². The number of hydrogen-bond donors (Lipinski definition) is 0. The van der Waals surface area contributed by atoms with Gasteiger partial charge in [-0.25, -0.2) is 8.78 Å². The summed E-state index contributed by atoms with van der Waals surface area (Å²) in [7, 11) is 0. The topological polar surface area (TPSA) is 0 Å². The molecule has 0 aliphatic rings. The largest absolute Gasteiger partial charge is 0.427 e. The quantitative estimate of drug-likeness (QED) is 0.291. The molecule has 0 N–H and O–H groups in total. The normalized spacial score (nSPS) is 12.0. The van der Waals surface area contributed by atoms with Gasteiger partial charge in [0.15, 0.2) is 0 Å². The van der Waals surface area contributed by atoms with E-state index in [0.29, 0.717) is 0 Å². The maximum absolute atomic E-state index is 11.1. The molecule has 0 atom stereocenters. The number of halogens is 8. The van der Waals surface area contributed by atoms with Gasteiger partial charge in [0, 0.05) is 19.5 Å². The Morgan fingerprint density at radius 2 is 1.08 bits per heavy atom. The summed E-state index contributed by atoms with van der Waals surface area (Å²) in [5.41, 5.74) is 0. The SMILES string of the molecule is F[C-](F)C(F)(F)C(F)(F)F.I.[Zn]. The van der Waals surface area contributed by atoms with Gasteiger partial charge in [-0.05, 0) is 0 Å². The van der Waals surface area contributed by atoms with Crippen LogP contribution in [0.3, 0.4) is 0 Å². The molecule has 0 spiro atoms. The van der Waals surface area contributed by atoms with Gasteiger partial charge in [-0.1, -0.05) is 0 Å². The van der Waals surface area contributed by atoms with Crippen molar-refractivity contribution in [2.45, 2.75) is 12.1 Å². The van der Waals surface area contributed by atoms with E-state index < -0.39 is 18.5 Å². The Morgan fingerprint density at radius 1 is 0.833 bits per heavy atom. The van der Waals surface area contributed by atoms with Gasteiger partial charge >= 0.3 is 6.18 Å². The molecule has 9 heteroatoms. The molecule has 0 saturated carbocycles. The van der Waals surface area contributed by atoms with Gasteiger partial charge in [-0.3, -0.25) is 0 Å². The van der Waals surface area contributed by atoms with Gasteiger partial charge in [-0.2, -0.15) is 13.2 Å². The first-order valence-corrected chi connectivity index (χ1v) is 1.82. The van der Waals surface area contributed by atoms with Crippen molar-refractivity contribution in [2.75, 3.05) is 0 Å². The summed E-state index contributed by atoms with van der Waals surface area (Å²) in [6.07, 6.45) is -10.1. The van der Waals surface area contributed by atoms with Crippen LogP contribution in [0.4, 0.5) is 30.7 Å². The summed E-state index contributed by atoms with van der Waals surface area (Å²) in [5, 5.41) is 0. The average Bonchev–Trinajstić information content (AvgIpc) is 1.62. The fourth-order valence-corrected chi connectivity index (χ4v) is 0.107. The number of rotatable bonds is 1. The van der Waals surface area contributed by atoms with E-state index in [9.17, 15) is 30.7 Å². The Bertz CT molecular complexity index is 120. The third-order valence-corrected chi connectivity index (χ3v) is 0.593. The monoisotopic (exact) mass is 361 g/mol. The Morgan fingerprint density at radius 3 is 1.08 bits per heavy atom. The van der Waals surface area contributed by atoms with Crippen molar-refractivity contribution in [2.24, 2.45) is 0 Å². The molecule has 0 unspecified atom stereocenters. The summed E-state index contributed by atoms with van der Waals surface area (Å²) in [6.45, 7) is 0. The molecule has 0 aromatic carbocycles. The second-order valence-electron chi connectivity index (χ2n) is 1.33. The Labute approximate surface area is 92.7 Å². The molecule has 0 amide bonds. The van der Waals surface area contributed by atoms with Crippen LogP contribution in [-0.4, -0.2) is 12.1 Å². The molecule has 0 aliphatic carbocycles. The number of alkyl halides is 5. The standard InChI is InChI=1S/C3F7.HI.Zn/c4-1(5)2(6,7)3(8,9)10;;/h;1H;/q-1;;. The maximum atomic E-state index is 11.1. The van der Waals surface area contributed by atoms with E-state index in [1.807, 2.05) is 0 Å². The van der Waals surface area contributed by atoms with Crippen LogP contribution in [0.1, 0.15) is 0 Å². The van der Waals surface area contributed by atoms with E-state index in [0.717, 1.165) is 0 Å². The molecule has 0 nitrogen and oxygen atoms in total. The maximum Gasteiger partial charge on any atom is 0.427 e. The third-order valence-electron chi connectivity index (χ3n) is 0.593. The average molecular weight is 362 g/mol. The second kappa shape index (κ2) is 5.56. The van der Waals surface area contributed by atoms with Crippen LogP contribution in [0.2, 0.25) is 0 Å². The zero-order valence-electron chi connectivity index (χ0n) is 5.26. The van der Waals surface area contributed by atoms with Crippen molar-refractivity contribution >= 4 is 24.0 Å². The molecule has 0 rings (SSSR count). The minimum Gasteiger partial charge on any atom is -0.415 e. The van der Waals surface area contributed by atoms with Crippen molar-refractivity contribution < 1.29 is 50.2 Å². The summed E-state index contributed by atoms with van der Waals surface area (Å²) in [5.74, 6) is -5.98. The van der Waals surface area contributed by atoms with Gasteiger partial charge in [0.25, 0.3) is 5.92 Å². The smallest absolute Gasteiger partial charge is 0.415 e. The molecular weight excluding hydrogens is 361 g/mol. The molecule has 0 bridgehead atoms. The van der Waals surface area contributed by atoms with E-state index in [2.05, 4.69) is 0 Å². The van der Waals surface area contributed by atoms with Gasteiger partial charge in [0.05, 0.1) is 6.43 Å². The van der Waals surface area contributed by atoms with Crippen LogP contribution in [0.15, 0.2) is 0 Å². The van der Waals surface area contributed by atoms with Crippen LogP contribution in [-0.2, 0) is 19.5 Å². The van der Waals surface area contributed by atoms with Crippen LogP contribution in [0.25, 0.3) is 0 Å². The molecule has 72 valence electrons. The predicted octanol–water partition coefficient (Wildman–Crippen LogP) is 3.23. The third kappa shape index (κ3) is 4.20. The zero-order chi connectivity index (χ0) is 8.58. The molecule has 0 aromatic rings. The Kier molecular flexibility index (Phi) is 8.63. The molecule has 0 aliphatic heterocycles. The van der Waals surface area contributed by atoms with Crippen LogP contribution < -0.4 is 0 Å². The van der Waals surface area contributed by atoms with Gasteiger partial charge < -0.3 is 8.78 Å². The molecule has 0 aromatic heterocycles. The van der Waals surface area contributed by atoms with E-state index in [4.69, 9.17) is 0 Å². The molecule has 0 heterocycles. The van der Waals surface area contributed by atoms with Crippen LogP contribution >= 0.6 is 24.0 Å². The second-order valence-corrected chi connectivity index (χ2v) is 1.33. The van der Waals surface area contributed by atoms with Gasteiger partial charge in [-0.15, -0.1) is 24.0 Å². The first-order chi connectivity index (χ1) is 4.19. The van der Waals surface area contributed by atoms with E-state index in [-0.39, 0.29) is 43.5 Å². The summed E-state index contributed by atoms with van der Waals surface area (Å²) in [4.78, 5) is 0. The molecule has 12 heavy (non-hydrogen) atoms. The molecule has 0 radical (unpaired) electrons. The van der Waals surface area contributed by atoms with E-state index in [1.54, 1.807) is 0 Å². The van der Waals surface area contributed by atoms with Crippen molar-refractivity contribution in [3.63, 3.8) is 0 Å². The first kappa shape index (κ1) is 18.6. The minimum absolute atomic E-state index is 0. The summed E-state index contributed by atoms with van der Waals surface area (Å²) in [6, 6.07) is 0. The molecular formula is C3HF7IZn-. The Balaban J connectivity index is -0.000000405. The van der Waals surface area contributed by atoms with Crippen LogP contribution in [0, 0.1) is 6.43 Å². The molecule has 0 fully saturated rings. The van der Waals surface area contributed by atoms with E-state index in [1.165, 1.54) is 0 Å². The van der Waals surface area contributed by atoms with Crippen molar-refractivity contribution in [3.8, 4) is 0 Å². The summed E-state index contributed by atoms with van der Waals surface area (Å²) < 4.78 is 76.3. The first-order valence-electron chi connectivity index (χ1n) is 1.82. The number of hydrogen-bond acceptors (Lipinski definition) is 0. The van der Waals surface area contributed by atoms with E-state index >= 15 is 0 Å². The zero-order valence-corrected chi connectivity index (χ0v) is 10.6. The van der Waals surface area contributed by atoms with Crippen molar-refractivity contribution in [1.82, 2.24) is 0 Å². The Hall–Kier alpha value is 0.863. The van der Waals surface area contributed by atoms with Crippen molar-refractivity contribution in [1.29, 1.82) is 0 Å². The fraction of sp³-hybridized carbons (Fsp3) is 0.667. The fourth-order valence-electron chi connectivity index (χ4n) is 0.107. The van der Waals surface area contributed by atoms with Gasteiger partial charge in [0.2, 0.25) is 0 Å². The van der Waals surface area contributed by atoms with Crippen molar-refractivity contribution in [3.05, 3.63) is 6.43 Å². The van der Waals surface area contributed by atoms with Gasteiger partial charge in [0.1, 0.15) is 0 Å².